The lowest BCUT2D eigenvalue weighted by Crippen LogP contribution is -2.28. The van der Waals surface area contributed by atoms with Crippen molar-refractivity contribution in [3.8, 4) is 11.5 Å². The highest BCUT2D eigenvalue weighted by atomic mass is 16.5. The van der Waals surface area contributed by atoms with Crippen LogP contribution in [-0.2, 0) is 0 Å². The van der Waals surface area contributed by atoms with Crippen molar-refractivity contribution in [1.29, 1.82) is 0 Å². The molecule has 1 unspecified atom stereocenters. The number of benzene rings is 1. The summed E-state index contributed by atoms with van der Waals surface area (Å²) in [6, 6.07) is 9.35. The second kappa shape index (κ2) is 6.17. The van der Waals surface area contributed by atoms with Gasteiger partial charge in [-0.15, -0.1) is 0 Å². The standard InChI is InChI=1S/C14H17N3O2/c1-18-12-7-11(8-13(9-12)19-2)14(17-15)10-3-5-16-6-4-10/h3-9,14,17H,15H2,1-2H3. The Morgan fingerprint density at radius 2 is 1.58 bits per heavy atom. The maximum Gasteiger partial charge on any atom is 0.122 e. The van der Waals surface area contributed by atoms with Crippen LogP contribution in [0.1, 0.15) is 17.2 Å². The minimum absolute atomic E-state index is 0.146. The van der Waals surface area contributed by atoms with E-state index in [-0.39, 0.29) is 6.04 Å². The maximum absolute atomic E-state index is 5.67. The molecule has 5 nitrogen and oxygen atoms in total. The van der Waals surface area contributed by atoms with Gasteiger partial charge in [-0.05, 0) is 35.4 Å². The highest BCUT2D eigenvalue weighted by Crippen LogP contribution is 2.29. The third-order valence-corrected chi connectivity index (χ3v) is 2.91. The van der Waals surface area contributed by atoms with Gasteiger partial charge in [0.05, 0.1) is 20.3 Å². The first-order valence-electron chi connectivity index (χ1n) is 5.87. The van der Waals surface area contributed by atoms with Crippen molar-refractivity contribution >= 4 is 0 Å². The summed E-state index contributed by atoms with van der Waals surface area (Å²) in [7, 11) is 3.24. The molecule has 3 N–H and O–H groups in total. The number of pyridine rings is 1. The van der Waals surface area contributed by atoms with Gasteiger partial charge in [-0.3, -0.25) is 10.8 Å². The Kier molecular flexibility index (Phi) is 4.33. The van der Waals surface area contributed by atoms with Crippen LogP contribution in [0.2, 0.25) is 0 Å². The van der Waals surface area contributed by atoms with Gasteiger partial charge in [-0.1, -0.05) is 0 Å². The van der Waals surface area contributed by atoms with Crippen LogP contribution >= 0.6 is 0 Å². The van der Waals surface area contributed by atoms with Crippen LogP contribution in [0.15, 0.2) is 42.7 Å². The van der Waals surface area contributed by atoms with E-state index in [0.717, 1.165) is 22.6 Å². The van der Waals surface area contributed by atoms with Crippen molar-refractivity contribution in [2.45, 2.75) is 6.04 Å². The molecule has 0 saturated carbocycles. The van der Waals surface area contributed by atoms with Gasteiger partial charge in [0.25, 0.3) is 0 Å². The van der Waals surface area contributed by atoms with Gasteiger partial charge in [-0.25, -0.2) is 5.43 Å². The molecule has 0 amide bonds. The molecule has 1 aromatic carbocycles. The number of aromatic nitrogens is 1. The van der Waals surface area contributed by atoms with Crippen LogP contribution in [0.3, 0.4) is 0 Å². The van der Waals surface area contributed by atoms with Crippen LogP contribution in [0.25, 0.3) is 0 Å². The van der Waals surface area contributed by atoms with Crippen molar-refractivity contribution in [2.75, 3.05) is 14.2 Å². The number of nitrogens with two attached hydrogens (primary N) is 1. The number of rotatable bonds is 5. The normalized spacial score (nSPS) is 11.9. The summed E-state index contributed by atoms with van der Waals surface area (Å²) in [5, 5.41) is 0. The first-order chi connectivity index (χ1) is 9.28. The summed E-state index contributed by atoms with van der Waals surface area (Å²) in [6.07, 6.45) is 3.47. The predicted octanol–water partition coefficient (Wildman–Crippen LogP) is 1.65. The molecule has 0 bridgehead atoms. The van der Waals surface area contributed by atoms with Crippen LogP contribution in [0.4, 0.5) is 0 Å². The molecule has 5 heteroatoms. The molecule has 0 aliphatic rings. The molecule has 2 aromatic rings. The van der Waals surface area contributed by atoms with Crippen LogP contribution in [0, 0.1) is 0 Å². The highest BCUT2D eigenvalue weighted by molar-refractivity contribution is 5.42. The summed E-state index contributed by atoms with van der Waals surface area (Å²) in [4.78, 5) is 4.01. The molecule has 0 fully saturated rings. The van der Waals surface area contributed by atoms with Crippen molar-refractivity contribution in [1.82, 2.24) is 10.4 Å². The Morgan fingerprint density at radius 3 is 2.05 bits per heavy atom. The zero-order chi connectivity index (χ0) is 13.7. The predicted molar refractivity (Wildman–Crippen MR) is 72.9 cm³/mol. The molecular formula is C14H17N3O2. The maximum atomic E-state index is 5.67. The van der Waals surface area contributed by atoms with E-state index in [9.17, 15) is 0 Å². The molecule has 1 atom stereocenters. The van der Waals surface area contributed by atoms with Gasteiger partial charge >= 0.3 is 0 Å². The monoisotopic (exact) mass is 259 g/mol. The van der Waals surface area contributed by atoms with E-state index in [0.29, 0.717) is 0 Å². The van der Waals surface area contributed by atoms with Crippen LogP contribution in [-0.4, -0.2) is 19.2 Å². The van der Waals surface area contributed by atoms with E-state index in [1.54, 1.807) is 26.6 Å². The molecule has 0 radical (unpaired) electrons. The highest BCUT2D eigenvalue weighted by Gasteiger charge is 2.14. The summed E-state index contributed by atoms with van der Waals surface area (Å²) >= 11 is 0. The van der Waals surface area contributed by atoms with Gasteiger partial charge in [0, 0.05) is 18.5 Å². The molecule has 100 valence electrons. The molecule has 0 aliphatic heterocycles. The quantitative estimate of drug-likeness (QED) is 0.631. The molecule has 1 heterocycles. The largest absolute Gasteiger partial charge is 0.497 e. The summed E-state index contributed by atoms with van der Waals surface area (Å²) in [6.45, 7) is 0. The van der Waals surface area contributed by atoms with Crippen molar-refractivity contribution in [3.05, 3.63) is 53.9 Å². The lowest BCUT2D eigenvalue weighted by Gasteiger charge is -2.18. The Labute approximate surface area is 112 Å². The molecule has 1 aromatic heterocycles. The van der Waals surface area contributed by atoms with Gasteiger partial charge in [0.2, 0.25) is 0 Å². The zero-order valence-corrected chi connectivity index (χ0v) is 11.0. The lowest BCUT2D eigenvalue weighted by molar-refractivity contribution is 0.392. The van der Waals surface area contributed by atoms with E-state index in [1.165, 1.54) is 0 Å². The molecule has 2 rings (SSSR count). The van der Waals surface area contributed by atoms with Gasteiger partial charge in [0.1, 0.15) is 11.5 Å². The fraction of sp³-hybridized carbons (Fsp3) is 0.214. The minimum atomic E-state index is -0.146. The molecular weight excluding hydrogens is 242 g/mol. The topological polar surface area (TPSA) is 69.4 Å². The summed E-state index contributed by atoms with van der Waals surface area (Å²) < 4.78 is 10.5. The number of nitrogens with zero attached hydrogens (tertiary/aromatic N) is 1. The summed E-state index contributed by atoms with van der Waals surface area (Å²) in [5.41, 5.74) is 4.78. The number of hydrogen-bond donors (Lipinski definition) is 2. The SMILES string of the molecule is COc1cc(OC)cc(C(NN)c2ccncc2)c1. The number of ether oxygens (including phenoxy) is 2. The average Bonchev–Trinajstić information content (AvgIpc) is 2.48. The van der Waals surface area contributed by atoms with Crippen LogP contribution in [0.5, 0.6) is 11.5 Å². The molecule has 0 spiro atoms. The number of nitrogens with one attached hydrogen (secondary N) is 1. The van der Waals surface area contributed by atoms with Crippen molar-refractivity contribution in [3.63, 3.8) is 0 Å². The Balaban J connectivity index is 2.43. The smallest absolute Gasteiger partial charge is 0.122 e. The average molecular weight is 259 g/mol. The lowest BCUT2D eigenvalue weighted by atomic mass is 10.00. The Hall–Kier alpha value is -2.11. The van der Waals surface area contributed by atoms with Gasteiger partial charge in [-0.2, -0.15) is 0 Å². The summed E-state index contributed by atoms with van der Waals surface area (Å²) in [5.74, 6) is 7.12. The fourth-order valence-electron chi connectivity index (χ4n) is 1.94. The first-order valence-corrected chi connectivity index (χ1v) is 5.87. The third-order valence-electron chi connectivity index (χ3n) is 2.91. The number of methoxy groups -OCH3 is 2. The van der Waals surface area contributed by atoms with E-state index in [4.69, 9.17) is 15.3 Å². The number of hydrogen-bond acceptors (Lipinski definition) is 5. The zero-order valence-electron chi connectivity index (χ0n) is 11.0. The Morgan fingerprint density at radius 1 is 1.00 bits per heavy atom. The Bertz CT molecular complexity index is 509. The molecule has 0 saturated heterocycles. The first kappa shape index (κ1) is 13.3. The molecule has 19 heavy (non-hydrogen) atoms. The van der Waals surface area contributed by atoms with Gasteiger partial charge in [0.15, 0.2) is 0 Å². The van der Waals surface area contributed by atoms with E-state index in [2.05, 4.69) is 10.4 Å². The molecule has 0 aliphatic carbocycles. The van der Waals surface area contributed by atoms with Crippen LogP contribution < -0.4 is 20.7 Å². The second-order valence-corrected chi connectivity index (χ2v) is 4.03. The third kappa shape index (κ3) is 3.01. The van der Waals surface area contributed by atoms with Crippen molar-refractivity contribution in [2.24, 2.45) is 5.84 Å². The number of hydrazine groups is 1. The van der Waals surface area contributed by atoms with Crippen molar-refractivity contribution < 1.29 is 9.47 Å². The van der Waals surface area contributed by atoms with E-state index in [1.807, 2.05) is 30.3 Å². The van der Waals surface area contributed by atoms with Gasteiger partial charge < -0.3 is 9.47 Å². The fourth-order valence-corrected chi connectivity index (χ4v) is 1.94. The van der Waals surface area contributed by atoms with E-state index < -0.39 is 0 Å². The minimum Gasteiger partial charge on any atom is -0.497 e. The second-order valence-electron chi connectivity index (χ2n) is 4.03. The van der Waals surface area contributed by atoms with E-state index >= 15 is 0 Å².